The van der Waals surface area contributed by atoms with Crippen LogP contribution in [0.3, 0.4) is 0 Å². The molecule has 5 heteroatoms. The van der Waals surface area contributed by atoms with Crippen molar-refractivity contribution in [3.63, 3.8) is 0 Å². The van der Waals surface area contributed by atoms with Gasteiger partial charge in [0.2, 0.25) is 0 Å². The SMILES string of the molecule is CC(C)(C)[Si](C)(C)O[C@@H](c1ccccc1)[C@H](NN1C2=C(C=C[C@H]1C1CCCCC1)C(=O)CCC2)c1ccccc1. The third kappa shape index (κ3) is 6.22. The van der Waals surface area contributed by atoms with Crippen molar-refractivity contribution in [2.45, 2.75) is 108 Å². The summed E-state index contributed by atoms with van der Waals surface area (Å²) in [7, 11) is -2.15. The smallest absolute Gasteiger partial charge is 0.193 e. The third-order valence-corrected chi connectivity index (χ3v) is 14.2. The van der Waals surface area contributed by atoms with Crippen LogP contribution in [0.1, 0.15) is 95.4 Å². The molecule has 0 amide bonds. The first-order chi connectivity index (χ1) is 19.2. The Bertz CT molecular complexity index is 1210. The maximum Gasteiger partial charge on any atom is 0.193 e. The summed E-state index contributed by atoms with van der Waals surface area (Å²) in [4.78, 5) is 13.1. The minimum Gasteiger partial charge on any atom is -0.408 e. The number of Topliss-reactive ketones (excluding diaryl/α,β-unsaturated/α-hetero) is 1. The van der Waals surface area contributed by atoms with E-state index in [4.69, 9.17) is 4.43 Å². The molecule has 1 aliphatic heterocycles. The van der Waals surface area contributed by atoms with E-state index in [0.717, 1.165) is 18.4 Å². The van der Waals surface area contributed by atoms with Crippen molar-refractivity contribution in [1.82, 2.24) is 10.4 Å². The predicted octanol–water partition coefficient (Wildman–Crippen LogP) is 8.82. The van der Waals surface area contributed by atoms with E-state index in [9.17, 15) is 4.79 Å². The van der Waals surface area contributed by atoms with Crippen molar-refractivity contribution in [2.75, 3.05) is 0 Å². The minimum absolute atomic E-state index is 0.0747. The lowest BCUT2D eigenvalue weighted by atomic mass is 9.80. The van der Waals surface area contributed by atoms with Crippen LogP contribution in [0.4, 0.5) is 0 Å². The molecule has 3 atom stereocenters. The van der Waals surface area contributed by atoms with Crippen LogP contribution in [-0.2, 0) is 9.22 Å². The largest absolute Gasteiger partial charge is 0.408 e. The van der Waals surface area contributed by atoms with Crippen LogP contribution >= 0.6 is 0 Å². The maximum absolute atomic E-state index is 13.1. The van der Waals surface area contributed by atoms with Crippen LogP contribution in [-0.4, -0.2) is 25.2 Å². The van der Waals surface area contributed by atoms with Gasteiger partial charge in [0.05, 0.1) is 18.2 Å². The lowest BCUT2D eigenvalue weighted by Gasteiger charge is -2.47. The van der Waals surface area contributed by atoms with Crippen molar-refractivity contribution in [2.24, 2.45) is 5.92 Å². The fraction of sp³-hybridized carbons (Fsp3) is 0.514. The number of hydrazine groups is 1. The fourth-order valence-corrected chi connectivity index (χ4v) is 7.61. The first-order valence-corrected chi connectivity index (χ1v) is 18.3. The standard InChI is InChI=1S/C35H48N2O2Si/c1-35(2,3)40(4,5)39-34(28-20-13-8-14-21-28)33(27-18-11-7-12-19-27)36-37-30(26-16-9-6-10-17-26)25-24-29-31(37)22-15-23-32(29)38/h7-8,11-14,18-21,24-26,30,33-34,36H,6,9-10,15-17,22-23H2,1-5H3/t30-,33+,34-/m0/s1. The van der Waals surface area contributed by atoms with Gasteiger partial charge in [-0.3, -0.25) is 4.79 Å². The summed E-state index contributed by atoms with van der Waals surface area (Å²) < 4.78 is 7.33. The van der Waals surface area contributed by atoms with Crippen molar-refractivity contribution < 1.29 is 9.22 Å². The van der Waals surface area contributed by atoms with E-state index in [2.05, 4.69) is 117 Å². The number of carbonyl (C=O) groups excluding carboxylic acids is 1. The van der Waals surface area contributed by atoms with Crippen molar-refractivity contribution in [3.8, 4) is 0 Å². The number of rotatable bonds is 8. The second kappa shape index (κ2) is 12.2. The quantitative estimate of drug-likeness (QED) is 0.330. The Morgan fingerprint density at radius 3 is 2.12 bits per heavy atom. The highest BCUT2D eigenvalue weighted by Crippen LogP contribution is 2.45. The molecule has 0 saturated heterocycles. The van der Waals surface area contributed by atoms with E-state index < -0.39 is 8.32 Å². The van der Waals surface area contributed by atoms with E-state index in [1.807, 2.05) is 0 Å². The van der Waals surface area contributed by atoms with Crippen LogP contribution < -0.4 is 5.43 Å². The van der Waals surface area contributed by atoms with Crippen LogP contribution in [0.5, 0.6) is 0 Å². The summed E-state index contributed by atoms with van der Waals surface area (Å²) in [6.45, 7) is 11.6. The first-order valence-electron chi connectivity index (χ1n) is 15.4. The molecule has 4 nitrogen and oxygen atoms in total. The van der Waals surface area contributed by atoms with Gasteiger partial charge in [0.15, 0.2) is 14.1 Å². The van der Waals surface area contributed by atoms with Crippen LogP contribution in [0.2, 0.25) is 18.1 Å². The second-order valence-electron chi connectivity index (χ2n) is 13.5. The maximum atomic E-state index is 13.1. The molecule has 0 bridgehead atoms. The van der Waals surface area contributed by atoms with E-state index in [-0.39, 0.29) is 29.0 Å². The van der Waals surface area contributed by atoms with Gasteiger partial charge in [-0.2, -0.15) is 0 Å². The van der Waals surface area contributed by atoms with Gasteiger partial charge in [0, 0.05) is 17.7 Å². The van der Waals surface area contributed by atoms with Crippen molar-refractivity contribution >= 4 is 14.1 Å². The molecular weight excluding hydrogens is 508 g/mol. The molecule has 1 N–H and O–H groups in total. The summed E-state index contributed by atoms with van der Waals surface area (Å²) in [5.41, 5.74) is 8.55. The molecule has 0 unspecified atom stereocenters. The number of hydrogen-bond donors (Lipinski definition) is 1. The average molecular weight is 557 g/mol. The molecule has 1 saturated carbocycles. The molecule has 5 rings (SSSR count). The lowest BCUT2D eigenvalue weighted by molar-refractivity contribution is -0.116. The molecule has 2 aromatic rings. The Hall–Kier alpha value is -2.47. The summed E-state index contributed by atoms with van der Waals surface area (Å²) in [6, 6.07) is 21.6. The van der Waals surface area contributed by atoms with Crippen molar-refractivity contribution in [1.29, 1.82) is 0 Å². The third-order valence-electron chi connectivity index (χ3n) is 9.71. The highest BCUT2D eigenvalue weighted by Gasteiger charge is 2.43. The summed E-state index contributed by atoms with van der Waals surface area (Å²) >= 11 is 0. The first kappa shape index (κ1) is 29.0. The van der Waals surface area contributed by atoms with Gasteiger partial charge in [0.25, 0.3) is 0 Å². The van der Waals surface area contributed by atoms with Gasteiger partial charge >= 0.3 is 0 Å². The molecule has 0 aromatic heterocycles. The van der Waals surface area contributed by atoms with E-state index in [1.165, 1.54) is 48.9 Å². The molecular formula is C35H48N2O2Si. The van der Waals surface area contributed by atoms with Crippen molar-refractivity contribution in [3.05, 3.63) is 95.2 Å². The molecule has 214 valence electrons. The van der Waals surface area contributed by atoms with Gasteiger partial charge in [-0.25, -0.2) is 5.43 Å². The predicted molar refractivity (Wildman–Crippen MR) is 167 cm³/mol. The number of carbonyl (C=O) groups is 1. The Morgan fingerprint density at radius 2 is 1.50 bits per heavy atom. The van der Waals surface area contributed by atoms with Crippen LogP contribution in [0.25, 0.3) is 0 Å². The molecule has 0 radical (unpaired) electrons. The van der Waals surface area contributed by atoms with Gasteiger partial charge in [0.1, 0.15) is 0 Å². The Labute approximate surface area is 243 Å². The Balaban J connectivity index is 1.60. The zero-order chi connectivity index (χ0) is 28.3. The summed E-state index contributed by atoms with van der Waals surface area (Å²) in [6.07, 6.45) is 13.2. The van der Waals surface area contributed by atoms with E-state index in [0.29, 0.717) is 12.3 Å². The molecule has 2 aliphatic carbocycles. The fourth-order valence-electron chi connectivity index (χ4n) is 6.35. The van der Waals surface area contributed by atoms with Gasteiger partial charge in [-0.1, -0.05) is 113 Å². The highest BCUT2D eigenvalue weighted by atomic mass is 28.4. The summed E-state index contributed by atoms with van der Waals surface area (Å²) in [5.74, 6) is 0.858. The second-order valence-corrected chi connectivity index (χ2v) is 18.2. The number of hydrogen-bond acceptors (Lipinski definition) is 4. The monoisotopic (exact) mass is 556 g/mol. The number of ketones is 1. The number of nitrogens with zero attached hydrogens (tertiary/aromatic N) is 1. The summed E-state index contributed by atoms with van der Waals surface area (Å²) in [5, 5.41) is 2.50. The minimum atomic E-state index is -2.15. The molecule has 1 fully saturated rings. The molecule has 40 heavy (non-hydrogen) atoms. The Kier molecular flexibility index (Phi) is 8.84. The molecule has 2 aromatic carbocycles. The van der Waals surface area contributed by atoms with Gasteiger partial charge in [-0.05, 0) is 60.9 Å². The van der Waals surface area contributed by atoms with Crippen LogP contribution in [0.15, 0.2) is 84.1 Å². The zero-order valence-corrected chi connectivity index (χ0v) is 26.2. The van der Waals surface area contributed by atoms with E-state index >= 15 is 0 Å². The van der Waals surface area contributed by atoms with Crippen LogP contribution in [0, 0.1) is 5.92 Å². The topological polar surface area (TPSA) is 41.6 Å². The molecule has 1 heterocycles. The zero-order valence-electron chi connectivity index (χ0n) is 25.2. The van der Waals surface area contributed by atoms with Gasteiger partial charge < -0.3 is 9.43 Å². The van der Waals surface area contributed by atoms with E-state index in [1.54, 1.807) is 0 Å². The number of allylic oxidation sites excluding steroid dienone is 3. The number of nitrogens with one attached hydrogen (secondary N) is 1. The lowest BCUT2D eigenvalue weighted by Crippen LogP contribution is -2.53. The Morgan fingerprint density at radius 1 is 0.875 bits per heavy atom. The number of benzene rings is 2. The highest BCUT2D eigenvalue weighted by molar-refractivity contribution is 6.74. The average Bonchev–Trinajstić information content (AvgIpc) is 2.96. The van der Waals surface area contributed by atoms with Gasteiger partial charge in [-0.15, -0.1) is 0 Å². The normalized spacial score (nSPS) is 22.3. The molecule has 0 spiro atoms. The molecule has 3 aliphatic rings.